The largest absolute Gasteiger partial charge is 0.352 e. The number of nitrogens with one attached hydrogen (secondary N) is 2. The molecule has 5 heteroatoms. The van der Waals surface area contributed by atoms with Gasteiger partial charge < -0.3 is 10.6 Å². The Balaban J connectivity index is 2.04. The molecule has 0 atom stereocenters. The molecule has 0 aliphatic heterocycles. The van der Waals surface area contributed by atoms with Gasteiger partial charge in [-0.15, -0.1) is 0 Å². The molecule has 1 heterocycles. The highest BCUT2D eigenvalue weighted by Gasteiger charge is 2.12. The average molecular weight is 339 g/mol. The van der Waals surface area contributed by atoms with E-state index in [2.05, 4.69) is 22.5 Å². The minimum atomic E-state index is -0.269. The second-order valence-corrected chi connectivity index (χ2v) is 5.89. The zero-order valence-electron chi connectivity index (χ0n) is 14.8. The van der Waals surface area contributed by atoms with Crippen molar-refractivity contribution in [2.75, 3.05) is 11.9 Å². The maximum atomic E-state index is 12.5. The summed E-state index contributed by atoms with van der Waals surface area (Å²) in [6.45, 7) is 4.79. The molecule has 25 heavy (non-hydrogen) atoms. The first-order chi connectivity index (χ1) is 12.2. The number of rotatable bonds is 8. The molecule has 1 aromatic carbocycles. The first-order valence-corrected chi connectivity index (χ1v) is 8.78. The van der Waals surface area contributed by atoms with Crippen LogP contribution in [0.25, 0.3) is 0 Å². The predicted molar refractivity (Wildman–Crippen MR) is 99.9 cm³/mol. The number of pyridine rings is 1. The third-order valence-electron chi connectivity index (χ3n) is 3.97. The summed E-state index contributed by atoms with van der Waals surface area (Å²) in [5.74, 6) is -0.471. The van der Waals surface area contributed by atoms with Crippen LogP contribution >= 0.6 is 0 Å². The van der Waals surface area contributed by atoms with E-state index in [4.69, 9.17) is 0 Å². The molecule has 1 aromatic heterocycles. The van der Waals surface area contributed by atoms with Gasteiger partial charge in [0, 0.05) is 24.6 Å². The van der Waals surface area contributed by atoms with E-state index in [9.17, 15) is 9.59 Å². The topological polar surface area (TPSA) is 71.1 Å². The highest BCUT2D eigenvalue weighted by atomic mass is 16.2. The monoisotopic (exact) mass is 339 g/mol. The minimum Gasteiger partial charge on any atom is -0.352 e. The van der Waals surface area contributed by atoms with Crippen LogP contribution in [-0.4, -0.2) is 23.3 Å². The van der Waals surface area contributed by atoms with Crippen LogP contribution in [0.15, 0.2) is 42.7 Å². The van der Waals surface area contributed by atoms with Crippen LogP contribution in [0.3, 0.4) is 0 Å². The smallest absolute Gasteiger partial charge is 0.257 e. The summed E-state index contributed by atoms with van der Waals surface area (Å²) in [7, 11) is 0. The second kappa shape index (κ2) is 9.57. The number of carbonyl (C=O) groups excluding carboxylic acids is 2. The number of unbranched alkanes of at least 4 members (excludes halogenated alkanes) is 2. The Morgan fingerprint density at radius 3 is 2.44 bits per heavy atom. The molecule has 0 bridgehead atoms. The number of carbonyl (C=O) groups is 2. The van der Waals surface area contributed by atoms with Gasteiger partial charge in [0.25, 0.3) is 11.8 Å². The first kappa shape index (κ1) is 18.6. The molecule has 0 radical (unpaired) electrons. The lowest BCUT2D eigenvalue weighted by Crippen LogP contribution is -2.25. The molecule has 2 N–H and O–H groups in total. The Kier molecular flexibility index (Phi) is 7.14. The van der Waals surface area contributed by atoms with Crippen LogP contribution < -0.4 is 10.6 Å². The summed E-state index contributed by atoms with van der Waals surface area (Å²) in [6.07, 6.45) is 6.91. The Bertz CT molecular complexity index is 728. The molecule has 0 saturated heterocycles. The summed E-state index contributed by atoms with van der Waals surface area (Å²) in [5.41, 5.74) is 2.61. The quantitative estimate of drug-likeness (QED) is 0.718. The SMILES string of the molecule is CCCCCNC(=O)c1cncc(C(=O)Nc2ccccc2CC)c1. The molecule has 5 nitrogen and oxygen atoms in total. The van der Waals surface area contributed by atoms with E-state index in [1.165, 1.54) is 12.4 Å². The van der Waals surface area contributed by atoms with Gasteiger partial charge >= 0.3 is 0 Å². The average Bonchev–Trinajstić information content (AvgIpc) is 2.65. The maximum Gasteiger partial charge on any atom is 0.257 e. The molecule has 132 valence electrons. The number of benzene rings is 1. The fraction of sp³-hybridized carbons (Fsp3) is 0.350. The molecule has 2 aromatic rings. The highest BCUT2D eigenvalue weighted by Crippen LogP contribution is 2.16. The molecule has 2 rings (SSSR count). The summed E-state index contributed by atoms with van der Waals surface area (Å²) < 4.78 is 0. The fourth-order valence-corrected chi connectivity index (χ4v) is 2.51. The summed E-state index contributed by atoms with van der Waals surface area (Å²) in [5, 5.41) is 5.75. The molecular weight excluding hydrogens is 314 g/mol. The lowest BCUT2D eigenvalue weighted by molar-refractivity contribution is 0.0952. The molecule has 0 spiro atoms. The van der Waals surface area contributed by atoms with Gasteiger partial charge in [-0.3, -0.25) is 14.6 Å². The van der Waals surface area contributed by atoms with Crippen molar-refractivity contribution in [1.29, 1.82) is 0 Å². The van der Waals surface area contributed by atoms with E-state index in [0.717, 1.165) is 36.9 Å². The predicted octanol–water partition coefficient (Wildman–Crippen LogP) is 3.82. The summed E-state index contributed by atoms with van der Waals surface area (Å²) in [6, 6.07) is 9.25. The molecule has 2 amide bonds. The van der Waals surface area contributed by atoms with Crippen molar-refractivity contribution in [2.24, 2.45) is 0 Å². The number of aromatic nitrogens is 1. The molecule has 0 unspecified atom stereocenters. The Labute approximate surface area is 148 Å². The van der Waals surface area contributed by atoms with E-state index in [1.54, 1.807) is 6.07 Å². The normalized spacial score (nSPS) is 10.3. The molecule has 0 aliphatic carbocycles. The van der Waals surface area contributed by atoms with Gasteiger partial charge in [-0.1, -0.05) is 44.9 Å². The van der Waals surface area contributed by atoms with Crippen molar-refractivity contribution in [1.82, 2.24) is 10.3 Å². The molecular formula is C20H25N3O2. The minimum absolute atomic E-state index is 0.202. The molecule has 0 aliphatic rings. The number of hydrogen-bond acceptors (Lipinski definition) is 3. The van der Waals surface area contributed by atoms with Crippen LogP contribution in [0.1, 0.15) is 59.4 Å². The van der Waals surface area contributed by atoms with Gasteiger partial charge in [0.2, 0.25) is 0 Å². The van der Waals surface area contributed by atoms with Crippen LogP contribution in [-0.2, 0) is 6.42 Å². The summed E-state index contributed by atoms with van der Waals surface area (Å²) in [4.78, 5) is 28.7. The van der Waals surface area contributed by atoms with Crippen molar-refractivity contribution < 1.29 is 9.59 Å². The number of amides is 2. The highest BCUT2D eigenvalue weighted by molar-refractivity contribution is 6.06. The van der Waals surface area contributed by atoms with E-state index in [0.29, 0.717) is 17.7 Å². The zero-order valence-corrected chi connectivity index (χ0v) is 14.8. The van der Waals surface area contributed by atoms with Gasteiger partial charge in [0.1, 0.15) is 0 Å². The van der Waals surface area contributed by atoms with Crippen LogP contribution in [0.5, 0.6) is 0 Å². The number of anilines is 1. The van der Waals surface area contributed by atoms with E-state index in [-0.39, 0.29) is 11.8 Å². The Morgan fingerprint density at radius 2 is 1.72 bits per heavy atom. The van der Waals surface area contributed by atoms with Gasteiger partial charge in [0.05, 0.1) is 11.1 Å². The Morgan fingerprint density at radius 1 is 1.00 bits per heavy atom. The van der Waals surface area contributed by atoms with Gasteiger partial charge in [-0.25, -0.2) is 0 Å². The molecule has 0 fully saturated rings. The lowest BCUT2D eigenvalue weighted by Gasteiger charge is -2.10. The van der Waals surface area contributed by atoms with E-state index in [1.807, 2.05) is 31.2 Å². The van der Waals surface area contributed by atoms with Gasteiger partial charge in [-0.05, 0) is 30.5 Å². The first-order valence-electron chi connectivity index (χ1n) is 8.78. The van der Waals surface area contributed by atoms with Crippen LogP contribution in [0.4, 0.5) is 5.69 Å². The van der Waals surface area contributed by atoms with Gasteiger partial charge in [-0.2, -0.15) is 0 Å². The zero-order chi connectivity index (χ0) is 18.1. The standard InChI is InChI=1S/C20H25N3O2/c1-3-5-8-11-22-19(24)16-12-17(14-21-13-16)20(25)23-18-10-7-6-9-15(18)4-2/h6-7,9-10,12-14H,3-5,8,11H2,1-2H3,(H,22,24)(H,23,25). The van der Waals surface area contributed by atoms with Crippen molar-refractivity contribution in [3.63, 3.8) is 0 Å². The molecule has 0 saturated carbocycles. The van der Waals surface area contributed by atoms with E-state index < -0.39 is 0 Å². The number of nitrogens with zero attached hydrogens (tertiary/aromatic N) is 1. The van der Waals surface area contributed by atoms with Crippen molar-refractivity contribution in [3.8, 4) is 0 Å². The second-order valence-electron chi connectivity index (χ2n) is 5.89. The third kappa shape index (κ3) is 5.41. The van der Waals surface area contributed by atoms with Crippen LogP contribution in [0, 0.1) is 0 Å². The van der Waals surface area contributed by atoms with Crippen molar-refractivity contribution in [2.45, 2.75) is 39.5 Å². The number of hydrogen-bond donors (Lipinski definition) is 2. The maximum absolute atomic E-state index is 12.5. The number of para-hydroxylation sites is 1. The third-order valence-corrected chi connectivity index (χ3v) is 3.97. The summed E-state index contributed by atoms with van der Waals surface area (Å²) >= 11 is 0. The Hall–Kier alpha value is -2.69. The fourth-order valence-electron chi connectivity index (χ4n) is 2.51. The van der Waals surface area contributed by atoms with Crippen LogP contribution in [0.2, 0.25) is 0 Å². The van der Waals surface area contributed by atoms with Crippen molar-refractivity contribution in [3.05, 3.63) is 59.4 Å². The van der Waals surface area contributed by atoms with E-state index >= 15 is 0 Å². The van der Waals surface area contributed by atoms with Gasteiger partial charge in [0.15, 0.2) is 0 Å². The van der Waals surface area contributed by atoms with Crippen molar-refractivity contribution >= 4 is 17.5 Å². The lowest BCUT2D eigenvalue weighted by atomic mass is 10.1. The number of aryl methyl sites for hydroxylation is 1.